The lowest BCUT2D eigenvalue weighted by molar-refractivity contribution is 0.275. The SMILES string of the molecule is CCO/C(C)=N/Oc1cc(C)cc(C)c1. The fourth-order valence-corrected chi connectivity index (χ4v) is 1.34. The Morgan fingerprint density at radius 3 is 2.33 bits per heavy atom. The molecule has 1 rings (SSSR count). The van der Waals surface area contributed by atoms with Crippen molar-refractivity contribution in [1.29, 1.82) is 0 Å². The Bertz CT molecular complexity index is 338. The van der Waals surface area contributed by atoms with Gasteiger partial charge < -0.3 is 9.57 Å². The molecule has 0 unspecified atom stereocenters. The van der Waals surface area contributed by atoms with Crippen LogP contribution in [0, 0.1) is 13.8 Å². The van der Waals surface area contributed by atoms with E-state index < -0.39 is 0 Å². The lowest BCUT2D eigenvalue weighted by atomic mass is 10.1. The minimum absolute atomic E-state index is 0.539. The van der Waals surface area contributed by atoms with Gasteiger partial charge in [-0.15, -0.1) is 0 Å². The second-order valence-electron chi connectivity index (χ2n) is 3.46. The van der Waals surface area contributed by atoms with Crippen LogP contribution in [-0.2, 0) is 4.74 Å². The maximum absolute atomic E-state index is 5.24. The fraction of sp³-hybridized carbons (Fsp3) is 0.417. The van der Waals surface area contributed by atoms with Gasteiger partial charge in [0.25, 0.3) is 0 Å². The van der Waals surface area contributed by atoms with Gasteiger partial charge in [0.05, 0.1) is 6.61 Å². The second kappa shape index (κ2) is 5.39. The molecule has 0 atom stereocenters. The summed E-state index contributed by atoms with van der Waals surface area (Å²) in [4.78, 5) is 5.24. The largest absolute Gasteiger partial charge is 0.479 e. The van der Waals surface area contributed by atoms with Crippen LogP contribution < -0.4 is 4.84 Å². The van der Waals surface area contributed by atoms with Crippen molar-refractivity contribution in [2.24, 2.45) is 5.16 Å². The smallest absolute Gasteiger partial charge is 0.223 e. The number of oxime groups is 1. The highest BCUT2D eigenvalue weighted by Gasteiger charge is 1.97. The van der Waals surface area contributed by atoms with Crippen LogP contribution in [0.15, 0.2) is 23.4 Å². The van der Waals surface area contributed by atoms with Crippen molar-refractivity contribution < 1.29 is 9.57 Å². The van der Waals surface area contributed by atoms with Gasteiger partial charge >= 0.3 is 0 Å². The number of nitrogens with zero attached hydrogens (tertiary/aromatic N) is 1. The van der Waals surface area contributed by atoms with E-state index in [1.165, 1.54) is 0 Å². The molecule has 3 nitrogen and oxygen atoms in total. The zero-order valence-electron chi connectivity index (χ0n) is 9.70. The molecule has 0 fully saturated rings. The molecule has 1 aromatic rings. The molecular formula is C12H17NO2. The second-order valence-corrected chi connectivity index (χ2v) is 3.46. The van der Waals surface area contributed by atoms with Gasteiger partial charge in [-0.1, -0.05) is 6.07 Å². The summed E-state index contributed by atoms with van der Waals surface area (Å²) in [5, 5.41) is 3.86. The molecule has 0 saturated carbocycles. The van der Waals surface area contributed by atoms with Crippen LogP contribution in [0.2, 0.25) is 0 Å². The van der Waals surface area contributed by atoms with Gasteiger partial charge in [0.15, 0.2) is 5.75 Å². The van der Waals surface area contributed by atoms with Crippen LogP contribution in [0.4, 0.5) is 0 Å². The maximum atomic E-state index is 5.24. The molecule has 0 aliphatic carbocycles. The van der Waals surface area contributed by atoms with Crippen LogP contribution in [-0.4, -0.2) is 12.5 Å². The van der Waals surface area contributed by atoms with Crippen molar-refractivity contribution >= 4 is 5.90 Å². The van der Waals surface area contributed by atoms with E-state index in [2.05, 4.69) is 11.2 Å². The molecule has 0 aliphatic rings. The molecule has 3 heteroatoms. The molecular weight excluding hydrogens is 190 g/mol. The summed E-state index contributed by atoms with van der Waals surface area (Å²) in [5.41, 5.74) is 2.32. The molecule has 82 valence electrons. The third-order valence-electron chi connectivity index (χ3n) is 1.83. The topological polar surface area (TPSA) is 30.8 Å². The van der Waals surface area contributed by atoms with Crippen LogP contribution in [0.3, 0.4) is 0 Å². The van der Waals surface area contributed by atoms with E-state index >= 15 is 0 Å². The average Bonchev–Trinajstić information content (AvgIpc) is 2.14. The number of ether oxygens (including phenoxy) is 1. The summed E-state index contributed by atoms with van der Waals surface area (Å²) in [6.07, 6.45) is 0. The highest BCUT2D eigenvalue weighted by atomic mass is 16.6. The summed E-state index contributed by atoms with van der Waals surface area (Å²) in [5.74, 6) is 1.28. The highest BCUT2D eigenvalue weighted by Crippen LogP contribution is 2.16. The summed E-state index contributed by atoms with van der Waals surface area (Å²) < 4.78 is 5.15. The quantitative estimate of drug-likeness (QED) is 0.433. The number of aryl methyl sites for hydroxylation is 2. The Morgan fingerprint density at radius 1 is 1.20 bits per heavy atom. The number of rotatable bonds is 3. The molecule has 0 N–H and O–H groups in total. The van der Waals surface area contributed by atoms with E-state index in [1.807, 2.05) is 32.9 Å². The molecule has 0 spiro atoms. The lowest BCUT2D eigenvalue weighted by Crippen LogP contribution is -2.01. The lowest BCUT2D eigenvalue weighted by Gasteiger charge is -2.04. The van der Waals surface area contributed by atoms with Crippen LogP contribution in [0.1, 0.15) is 25.0 Å². The van der Waals surface area contributed by atoms with Gasteiger partial charge in [-0.3, -0.25) is 0 Å². The van der Waals surface area contributed by atoms with Gasteiger partial charge in [-0.2, -0.15) is 0 Å². The molecule has 0 aromatic heterocycles. The molecule has 0 amide bonds. The summed E-state index contributed by atoms with van der Waals surface area (Å²) >= 11 is 0. The first-order chi connectivity index (χ1) is 7.11. The Balaban J connectivity index is 2.68. The Labute approximate surface area is 90.7 Å². The van der Waals surface area contributed by atoms with E-state index in [1.54, 1.807) is 6.92 Å². The predicted octanol–water partition coefficient (Wildman–Crippen LogP) is 3.05. The van der Waals surface area contributed by atoms with E-state index in [0.717, 1.165) is 16.9 Å². The average molecular weight is 207 g/mol. The normalized spacial score (nSPS) is 11.3. The first kappa shape index (κ1) is 11.6. The van der Waals surface area contributed by atoms with E-state index in [9.17, 15) is 0 Å². The van der Waals surface area contributed by atoms with Gasteiger partial charge in [0, 0.05) is 6.92 Å². The number of benzene rings is 1. The highest BCUT2D eigenvalue weighted by molar-refractivity contribution is 5.72. The molecule has 1 aromatic carbocycles. The van der Waals surface area contributed by atoms with Crippen molar-refractivity contribution in [1.82, 2.24) is 0 Å². The van der Waals surface area contributed by atoms with E-state index in [4.69, 9.17) is 9.57 Å². The van der Waals surface area contributed by atoms with Crippen molar-refractivity contribution in [3.8, 4) is 5.75 Å². The Morgan fingerprint density at radius 2 is 1.80 bits per heavy atom. The molecule has 15 heavy (non-hydrogen) atoms. The van der Waals surface area contributed by atoms with Gasteiger partial charge in [0.2, 0.25) is 5.90 Å². The third kappa shape index (κ3) is 4.02. The maximum Gasteiger partial charge on any atom is 0.223 e. The minimum atomic E-state index is 0.539. The summed E-state index contributed by atoms with van der Waals surface area (Å²) in [7, 11) is 0. The minimum Gasteiger partial charge on any atom is -0.479 e. The standard InChI is InChI=1S/C12H17NO2/c1-5-14-11(4)13-15-12-7-9(2)6-10(3)8-12/h6-8H,5H2,1-4H3/b13-11+. The summed E-state index contributed by atoms with van der Waals surface area (Å²) in [6, 6.07) is 5.97. The van der Waals surface area contributed by atoms with E-state index in [-0.39, 0.29) is 0 Å². The molecule has 0 aliphatic heterocycles. The monoisotopic (exact) mass is 207 g/mol. The predicted molar refractivity (Wildman–Crippen MR) is 61.3 cm³/mol. The van der Waals surface area contributed by atoms with Gasteiger partial charge in [0.1, 0.15) is 0 Å². The zero-order chi connectivity index (χ0) is 11.3. The van der Waals surface area contributed by atoms with Crippen molar-refractivity contribution in [2.45, 2.75) is 27.7 Å². The Kier molecular flexibility index (Phi) is 4.16. The first-order valence-electron chi connectivity index (χ1n) is 5.04. The fourth-order valence-electron chi connectivity index (χ4n) is 1.34. The first-order valence-corrected chi connectivity index (χ1v) is 5.04. The molecule has 0 saturated heterocycles. The number of hydrogen-bond acceptors (Lipinski definition) is 3. The van der Waals surface area contributed by atoms with Crippen LogP contribution in [0.5, 0.6) is 5.75 Å². The Hall–Kier alpha value is -1.51. The van der Waals surface area contributed by atoms with Crippen molar-refractivity contribution in [2.75, 3.05) is 6.61 Å². The third-order valence-corrected chi connectivity index (χ3v) is 1.83. The van der Waals surface area contributed by atoms with Crippen molar-refractivity contribution in [3.63, 3.8) is 0 Å². The summed E-state index contributed by atoms with van der Waals surface area (Å²) in [6.45, 7) is 8.34. The molecule has 0 radical (unpaired) electrons. The van der Waals surface area contributed by atoms with Gasteiger partial charge in [-0.25, -0.2) is 0 Å². The van der Waals surface area contributed by atoms with Crippen molar-refractivity contribution in [3.05, 3.63) is 29.3 Å². The van der Waals surface area contributed by atoms with Crippen LogP contribution >= 0.6 is 0 Å². The zero-order valence-corrected chi connectivity index (χ0v) is 9.70. The van der Waals surface area contributed by atoms with Gasteiger partial charge in [-0.05, 0) is 49.2 Å². The molecule has 0 heterocycles. The van der Waals surface area contributed by atoms with E-state index in [0.29, 0.717) is 12.5 Å². The molecule has 0 bridgehead atoms. The number of hydrogen-bond donors (Lipinski definition) is 0. The van der Waals surface area contributed by atoms with Crippen LogP contribution in [0.25, 0.3) is 0 Å².